The Morgan fingerprint density at radius 3 is 2.55 bits per heavy atom. The zero-order valence-electron chi connectivity index (χ0n) is 12.1. The normalized spacial score (nSPS) is 11.2. The summed E-state index contributed by atoms with van der Waals surface area (Å²) in [6, 6.07) is 4.19. The summed E-state index contributed by atoms with van der Waals surface area (Å²) in [5.41, 5.74) is 0.412. The molecule has 0 heterocycles. The average molecular weight is 279 g/mol. The first-order valence-corrected chi connectivity index (χ1v) is 6.23. The lowest BCUT2D eigenvalue weighted by atomic mass is 10.0. The van der Waals surface area contributed by atoms with E-state index in [0.29, 0.717) is 0 Å². The Kier molecular flexibility index (Phi) is 5.43. The largest absolute Gasteiger partial charge is 0.462 e. The van der Waals surface area contributed by atoms with Crippen LogP contribution in [0.25, 0.3) is 0 Å². The lowest BCUT2D eigenvalue weighted by Gasteiger charge is -2.11. The van der Waals surface area contributed by atoms with Crippen molar-refractivity contribution in [2.75, 3.05) is 20.7 Å². The number of ketones is 1. The van der Waals surface area contributed by atoms with Gasteiger partial charge in [0.25, 0.3) is 0 Å². The van der Waals surface area contributed by atoms with Crippen LogP contribution in [0.15, 0.2) is 30.0 Å². The predicted octanol–water partition coefficient (Wildman–Crippen LogP) is 2.33. The van der Waals surface area contributed by atoms with E-state index in [1.165, 1.54) is 23.2 Å². The first kappa shape index (κ1) is 15.9. The highest BCUT2D eigenvalue weighted by molar-refractivity contribution is 6.24. The Morgan fingerprint density at radius 1 is 1.35 bits per heavy atom. The zero-order chi connectivity index (χ0) is 15.3. The number of aryl methyl sites for hydroxylation is 1. The lowest BCUT2D eigenvalue weighted by Crippen LogP contribution is -2.20. The first-order chi connectivity index (χ1) is 9.36. The van der Waals surface area contributed by atoms with Gasteiger partial charge in [0.05, 0.1) is 12.2 Å². The van der Waals surface area contributed by atoms with Crippen LogP contribution in [-0.4, -0.2) is 37.4 Å². The molecule has 0 spiro atoms. The van der Waals surface area contributed by atoms with E-state index in [4.69, 9.17) is 4.74 Å². The van der Waals surface area contributed by atoms with Gasteiger partial charge in [0.2, 0.25) is 5.78 Å². The fourth-order valence-corrected chi connectivity index (χ4v) is 1.63. The molecule has 0 aliphatic rings. The summed E-state index contributed by atoms with van der Waals surface area (Å²) < 4.78 is 18.6. The standard InChI is InChI=1S/C15H18FNO3/c1-5-20-15(19)12(9-17(3)4)14(18)11-8-10(2)6-7-13(11)16/h6-9H,5H2,1-4H3/b12-9-. The highest BCUT2D eigenvalue weighted by atomic mass is 19.1. The van der Waals surface area contributed by atoms with Crippen molar-refractivity contribution < 1.29 is 18.7 Å². The smallest absolute Gasteiger partial charge is 0.343 e. The summed E-state index contributed by atoms with van der Waals surface area (Å²) in [5, 5.41) is 0. The summed E-state index contributed by atoms with van der Waals surface area (Å²) in [5.74, 6) is -2.10. The fourth-order valence-electron chi connectivity index (χ4n) is 1.63. The van der Waals surface area contributed by atoms with E-state index in [2.05, 4.69) is 0 Å². The number of hydrogen-bond acceptors (Lipinski definition) is 4. The molecule has 0 saturated carbocycles. The minimum absolute atomic E-state index is 0.133. The first-order valence-electron chi connectivity index (χ1n) is 6.23. The van der Waals surface area contributed by atoms with Crippen LogP contribution in [0.5, 0.6) is 0 Å². The number of benzene rings is 1. The molecule has 5 heteroatoms. The van der Waals surface area contributed by atoms with E-state index in [1.807, 2.05) is 0 Å². The molecule has 0 fully saturated rings. The van der Waals surface area contributed by atoms with Gasteiger partial charge in [-0.05, 0) is 26.0 Å². The number of esters is 1. The molecule has 1 aromatic rings. The molecule has 0 aromatic heterocycles. The number of halogens is 1. The van der Waals surface area contributed by atoms with Gasteiger partial charge in [-0.2, -0.15) is 0 Å². The van der Waals surface area contributed by atoms with Gasteiger partial charge >= 0.3 is 5.97 Å². The number of nitrogens with zero attached hydrogens (tertiary/aromatic N) is 1. The van der Waals surface area contributed by atoms with Crippen LogP contribution < -0.4 is 0 Å². The predicted molar refractivity (Wildman–Crippen MR) is 73.9 cm³/mol. The summed E-state index contributed by atoms with van der Waals surface area (Å²) in [6.07, 6.45) is 1.34. The zero-order valence-corrected chi connectivity index (χ0v) is 12.1. The van der Waals surface area contributed by atoms with Crippen molar-refractivity contribution >= 4 is 11.8 Å². The molecule has 1 rings (SSSR count). The Hall–Kier alpha value is -2.17. The van der Waals surface area contributed by atoms with Gasteiger partial charge in [-0.1, -0.05) is 11.6 Å². The number of ether oxygens (including phenoxy) is 1. The monoisotopic (exact) mass is 279 g/mol. The van der Waals surface area contributed by atoms with Crippen LogP contribution in [0, 0.1) is 12.7 Å². The lowest BCUT2D eigenvalue weighted by molar-refractivity contribution is -0.138. The Morgan fingerprint density at radius 2 is 2.00 bits per heavy atom. The van der Waals surface area contributed by atoms with E-state index >= 15 is 0 Å². The van der Waals surface area contributed by atoms with Gasteiger partial charge < -0.3 is 9.64 Å². The Labute approximate surface area is 117 Å². The van der Waals surface area contributed by atoms with Gasteiger partial charge in [0, 0.05) is 20.3 Å². The molecule has 0 saturated heterocycles. The van der Waals surface area contributed by atoms with Crippen LogP contribution >= 0.6 is 0 Å². The van der Waals surface area contributed by atoms with Gasteiger partial charge in [-0.3, -0.25) is 4.79 Å². The molecule has 108 valence electrons. The Balaban J connectivity index is 3.24. The van der Waals surface area contributed by atoms with Crippen molar-refractivity contribution in [3.05, 3.63) is 46.9 Å². The minimum Gasteiger partial charge on any atom is -0.462 e. The summed E-state index contributed by atoms with van der Waals surface area (Å²) in [6.45, 7) is 3.53. The third-order valence-electron chi connectivity index (χ3n) is 2.49. The molecule has 1 aromatic carbocycles. The molecule has 0 radical (unpaired) electrons. The van der Waals surface area contributed by atoms with Crippen LogP contribution in [-0.2, 0) is 9.53 Å². The number of rotatable bonds is 5. The molecular formula is C15H18FNO3. The molecule has 0 unspecified atom stereocenters. The maximum atomic E-state index is 13.8. The van der Waals surface area contributed by atoms with Crippen molar-refractivity contribution in [2.24, 2.45) is 0 Å². The van der Waals surface area contributed by atoms with Crippen molar-refractivity contribution in [2.45, 2.75) is 13.8 Å². The second kappa shape index (κ2) is 6.84. The number of carbonyl (C=O) groups is 2. The van der Waals surface area contributed by atoms with Crippen LogP contribution in [0.4, 0.5) is 4.39 Å². The molecular weight excluding hydrogens is 261 g/mol. The maximum Gasteiger partial charge on any atom is 0.343 e. The van der Waals surface area contributed by atoms with Gasteiger partial charge in [0.1, 0.15) is 11.4 Å². The molecule has 0 amide bonds. The summed E-state index contributed by atoms with van der Waals surface area (Å²) in [4.78, 5) is 25.7. The second-order valence-electron chi connectivity index (χ2n) is 4.54. The van der Waals surface area contributed by atoms with Crippen molar-refractivity contribution in [3.8, 4) is 0 Å². The molecule has 0 atom stereocenters. The SMILES string of the molecule is CCOC(=O)/C(=C\N(C)C)C(=O)c1cc(C)ccc1F. The van der Waals surface area contributed by atoms with E-state index in [1.54, 1.807) is 34.0 Å². The van der Waals surface area contributed by atoms with Crippen LogP contribution in [0.1, 0.15) is 22.8 Å². The van der Waals surface area contributed by atoms with Crippen LogP contribution in [0.2, 0.25) is 0 Å². The summed E-state index contributed by atoms with van der Waals surface area (Å²) >= 11 is 0. The van der Waals surface area contributed by atoms with Gasteiger partial charge in [-0.25, -0.2) is 9.18 Å². The van der Waals surface area contributed by atoms with Crippen molar-refractivity contribution in [1.29, 1.82) is 0 Å². The fraction of sp³-hybridized carbons (Fsp3) is 0.333. The minimum atomic E-state index is -0.757. The molecule has 20 heavy (non-hydrogen) atoms. The topological polar surface area (TPSA) is 46.6 Å². The average Bonchev–Trinajstić information content (AvgIpc) is 2.38. The maximum absolute atomic E-state index is 13.8. The highest BCUT2D eigenvalue weighted by Crippen LogP contribution is 2.16. The van der Waals surface area contributed by atoms with Gasteiger partial charge in [0.15, 0.2) is 0 Å². The molecule has 4 nitrogen and oxygen atoms in total. The Bertz CT molecular complexity index is 550. The van der Waals surface area contributed by atoms with Gasteiger partial charge in [-0.15, -0.1) is 0 Å². The quantitative estimate of drug-likeness (QED) is 0.273. The third-order valence-corrected chi connectivity index (χ3v) is 2.49. The van der Waals surface area contributed by atoms with Crippen molar-refractivity contribution in [1.82, 2.24) is 4.90 Å². The highest BCUT2D eigenvalue weighted by Gasteiger charge is 2.24. The molecule has 0 aliphatic carbocycles. The van der Waals surface area contributed by atoms with Crippen molar-refractivity contribution in [3.63, 3.8) is 0 Å². The van der Waals surface area contributed by atoms with E-state index in [-0.39, 0.29) is 17.7 Å². The second-order valence-corrected chi connectivity index (χ2v) is 4.54. The van der Waals surface area contributed by atoms with Crippen LogP contribution in [0.3, 0.4) is 0 Å². The van der Waals surface area contributed by atoms with E-state index < -0.39 is 17.6 Å². The number of hydrogen-bond donors (Lipinski definition) is 0. The number of carbonyl (C=O) groups excluding carboxylic acids is 2. The molecule has 0 bridgehead atoms. The summed E-state index contributed by atoms with van der Waals surface area (Å²) in [7, 11) is 3.33. The molecule has 0 aliphatic heterocycles. The number of Topliss-reactive ketones (excluding diaryl/α,β-unsaturated/α-hetero) is 1. The van der Waals surface area contributed by atoms with E-state index in [9.17, 15) is 14.0 Å². The molecule has 0 N–H and O–H groups in total. The van der Waals surface area contributed by atoms with E-state index in [0.717, 1.165) is 5.56 Å². The third kappa shape index (κ3) is 3.91.